The minimum Gasteiger partial charge on any atom is -0.477 e. The lowest BCUT2D eigenvalue weighted by Gasteiger charge is -2.26. The maximum Gasteiger partial charge on any atom is 0.344 e. The van der Waals surface area contributed by atoms with E-state index in [9.17, 15) is 9.90 Å². The fourth-order valence-corrected chi connectivity index (χ4v) is 4.06. The summed E-state index contributed by atoms with van der Waals surface area (Å²) in [6.07, 6.45) is 0. The molecule has 0 radical (unpaired) electrons. The molecule has 7 heteroatoms. The smallest absolute Gasteiger partial charge is 0.344 e. The second-order valence-corrected chi connectivity index (χ2v) is 9.00. The number of halogens is 2. The molecule has 0 fully saturated rings. The largest absolute Gasteiger partial charge is 0.477 e. The van der Waals surface area contributed by atoms with Crippen molar-refractivity contribution in [2.45, 2.75) is 24.8 Å². The summed E-state index contributed by atoms with van der Waals surface area (Å²) >= 11 is 10.6. The summed E-state index contributed by atoms with van der Waals surface area (Å²) in [4.78, 5) is 13.2. The number of carboxylic acid groups (broad SMARTS) is 1. The van der Waals surface area contributed by atoms with Gasteiger partial charge in [-0.25, -0.2) is 4.79 Å². The average Bonchev–Trinajstić information content (AvgIpc) is 2.65. The van der Waals surface area contributed by atoms with Crippen molar-refractivity contribution in [3.8, 4) is 0 Å². The molecule has 1 unspecified atom stereocenters. The first kappa shape index (κ1) is 22.8. The normalized spacial score (nSPS) is 13.2. The Labute approximate surface area is 183 Å². The molecular formula is C21H24BrClN2O2S. The first-order chi connectivity index (χ1) is 13.3. The summed E-state index contributed by atoms with van der Waals surface area (Å²) in [5, 5.41) is 17.2. The molecule has 3 N–H and O–H groups in total. The zero-order valence-electron chi connectivity index (χ0n) is 16.0. The number of likely N-dealkylation sites (N-methyl/N-ethyl adjacent to an activating group) is 1. The van der Waals surface area contributed by atoms with E-state index in [0.717, 1.165) is 14.9 Å². The standard InChI is InChI=1S/C21H24BrClN2O2S/c1-13(2)19(20(21(26)27)28-17-10-8-16(23)9-11-17)25-18(12-24-3)14-4-6-15(22)7-5-14/h4-11,13,18,24-25H,12H2,1-3H3,(H,26,27)/b20-19-. The highest BCUT2D eigenvalue weighted by Gasteiger charge is 2.22. The third kappa shape index (κ3) is 6.55. The van der Waals surface area contributed by atoms with Gasteiger partial charge in [-0.1, -0.05) is 65.3 Å². The minimum absolute atomic E-state index is 0.0145. The predicted molar refractivity (Wildman–Crippen MR) is 121 cm³/mol. The van der Waals surface area contributed by atoms with Crippen LogP contribution in [0.4, 0.5) is 0 Å². The number of thioether (sulfide) groups is 1. The lowest BCUT2D eigenvalue weighted by Crippen LogP contribution is -2.32. The van der Waals surface area contributed by atoms with E-state index in [1.54, 1.807) is 12.1 Å². The first-order valence-corrected chi connectivity index (χ1v) is 10.9. The lowest BCUT2D eigenvalue weighted by atomic mass is 10.0. The Kier molecular flexibility index (Phi) is 8.89. The molecule has 2 rings (SSSR count). The average molecular weight is 484 g/mol. The van der Waals surface area contributed by atoms with Crippen molar-refractivity contribution in [3.63, 3.8) is 0 Å². The first-order valence-electron chi connectivity index (χ1n) is 8.89. The van der Waals surface area contributed by atoms with Gasteiger partial charge in [0.2, 0.25) is 0 Å². The number of allylic oxidation sites excluding steroid dienone is 1. The van der Waals surface area contributed by atoms with E-state index in [-0.39, 0.29) is 16.9 Å². The van der Waals surface area contributed by atoms with Crippen molar-refractivity contribution in [1.29, 1.82) is 0 Å². The number of carboxylic acids is 1. The molecule has 2 aromatic carbocycles. The van der Waals surface area contributed by atoms with Crippen molar-refractivity contribution in [1.82, 2.24) is 10.6 Å². The van der Waals surface area contributed by atoms with Crippen LogP contribution in [0.15, 0.2) is 68.5 Å². The second kappa shape index (κ2) is 10.9. The van der Waals surface area contributed by atoms with Crippen LogP contribution in [-0.2, 0) is 4.79 Å². The fraction of sp³-hybridized carbons (Fsp3) is 0.286. The Bertz CT molecular complexity index is 823. The molecule has 0 saturated carbocycles. The monoisotopic (exact) mass is 482 g/mol. The van der Waals surface area contributed by atoms with Crippen molar-refractivity contribution in [2.24, 2.45) is 5.92 Å². The zero-order chi connectivity index (χ0) is 20.7. The summed E-state index contributed by atoms with van der Waals surface area (Å²) in [6.45, 7) is 4.65. The van der Waals surface area contributed by atoms with Gasteiger partial charge < -0.3 is 15.7 Å². The van der Waals surface area contributed by atoms with Gasteiger partial charge in [-0.2, -0.15) is 0 Å². The third-order valence-corrected chi connectivity index (χ3v) is 5.95. The Morgan fingerprint density at radius 1 is 1.14 bits per heavy atom. The number of aliphatic carboxylic acids is 1. The number of rotatable bonds is 9. The molecule has 28 heavy (non-hydrogen) atoms. The predicted octanol–water partition coefficient (Wildman–Crippen LogP) is 5.70. The van der Waals surface area contributed by atoms with Crippen LogP contribution in [0.1, 0.15) is 25.5 Å². The quantitative estimate of drug-likeness (QED) is 0.315. The van der Waals surface area contributed by atoms with E-state index >= 15 is 0 Å². The van der Waals surface area contributed by atoms with E-state index in [1.807, 2.05) is 57.3 Å². The minimum atomic E-state index is -0.949. The number of carbonyl (C=O) groups is 1. The second-order valence-electron chi connectivity index (χ2n) is 6.56. The fourth-order valence-electron chi connectivity index (χ4n) is 2.67. The molecule has 150 valence electrons. The van der Waals surface area contributed by atoms with Gasteiger partial charge in [0.05, 0.1) is 6.04 Å². The Morgan fingerprint density at radius 2 is 1.75 bits per heavy atom. The summed E-state index contributed by atoms with van der Waals surface area (Å²) < 4.78 is 1.00. The number of hydrogen-bond donors (Lipinski definition) is 3. The molecule has 0 heterocycles. The van der Waals surface area contributed by atoms with E-state index in [4.69, 9.17) is 11.6 Å². The highest BCUT2D eigenvalue weighted by Crippen LogP contribution is 2.33. The van der Waals surface area contributed by atoms with Crippen LogP contribution in [0, 0.1) is 5.92 Å². The van der Waals surface area contributed by atoms with Crippen molar-refractivity contribution < 1.29 is 9.90 Å². The summed E-state index contributed by atoms with van der Waals surface area (Å²) in [7, 11) is 1.88. The topological polar surface area (TPSA) is 61.4 Å². The van der Waals surface area contributed by atoms with Gasteiger partial charge in [0, 0.05) is 26.6 Å². The molecule has 0 aliphatic rings. The number of hydrogen-bond acceptors (Lipinski definition) is 4. The van der Waals surface area contributed by atoms with Crippen LogP contribution in [0.5, 0.6) is 0 Å². The maximum absolute atomic E-state index is 12.1. The molecule has 4 nitrogen and oxygen atoms in total. The summed E-state index contributed by atoms with van der Waals surface area (Å²) in [5.74, 6) is -0.934. The van der Waals surface area contributed by atoms with Crippen LogP contribution < -0.4 is 10.6 Å². The van der Waals surface area contributed by atoms with Gasteiger partial charge in [0.15, 0.2) is 0 Å². The zero-order valence-corrected chi connectivity index (χ0v) is 19.2. The molecule has 1 atom stereocenters. The third-order valence-electron chi connectivity index (χ3n) is 4.06. The molecule has 0 spiro atoms. The van der Waals surface area contributed by atoms with E-state index < -0.39 is 5.97 Å². The molecular weight excluding hydrogens is 460 g/mol. The van der Waals surface area contributed by atoms with Gasteiger partial charge in [-0.15, -0.1) is 0 Å². The van der Waals surface area contributed by atoms with Gasteiger partial charge >= 0.3 is 5.97 Å². The van der Waals surface area contributed by atoms with Crippen molar-refractivity contribution in [3.05, 3.63) is 74.2 Å². The van der Waals surface area contributed by atoms with Gasteiger partial charge in [0.25, 0.3) is 0 Å². The Balaban J connectivity index is 2.40. The Hall–Kier alpha value is -1.47. The van der Waals surface area contributed by atoms with Gasteiger partial charge in [-0.05, 0) is 54.9 Å². The van der Waals surface area contributed by atoms with E-state index in [1.165, 1.54) is 11.8 Å². The highest BCUT2D eigenvalue weighted by atomic mass is 79.9. The van der Waals surface area contributed by atoms with E-state index in [2.05, 4.69) is 26.6 Å². The molecule has 2 aromatic rings. The maximum atomic E-state index is 12.1. The SMILES string of the molecule is CNCC(N/C(=C(\Sc1ccc(Cl)cc1)C(=O)O)C(C)C)c1ccc(Br)cc1. The van der Waals surface area contributed by atoms with Crippen molar-refractivity contribution >= 4 is 45.3 Å². The summed E-state index contributed by atoms with van der Waals surface area (Å²) in [6, 6.07) is 15.2. The van der Waals surface area contributed by atoms with Gasteiger partial charge in [0.1, 0.15) is 4.91 Å². The molecule has 0 bridgehead atoms. The Morgan fingerprint density at radius 3 is 2.25 bits per heavy atom. The van der Waals surface area contributed by atoms with Crippen molar-refractivity contribution in [2.75, 3.05) is 13.6 Å². The lowest BCUT2D eigenvalue weighted by molar-refractivity contribution is -0.131. The molecule has 0 aliphatic carbocycles. The van der Waals surface area contributed by atoms with Crippen LogP contribution in [0.3, 0.4) is 0 Å². The van der Waals surface area contributed by atoms with Crippen LogP contribution in [0.2, 0.25) is 5.02 Å². The van der Waals surface area contributed by atoms with Crippen LogP contribution >= 0.6 is 39.3 Å². The highest BCUT2D eigenvalue weighted by molar-refractivity contribution is 9.10. The van der Waals surface area contributed by atoms with Crippen LogP contribution in [-0.4, -0.2) is 24.7 Å². The number of nitrogens with one attached hydrogen (secondary N) is 2. The number of benzene rings is 2. The molecule has 0 aliphatic heterocycles. The summed E-state index contributed by atoms with van der Waals surface area (Å²) in [5.41, 5.74) is 1.78. The molecule has 0 aromatic heterocycles. The van der Waals surface area contributed by atoms with Gasteiger partial charge in [-0.3, -0.25) is 0 Å². The molecule has 0 saturated heterocycles. The van der Waals surface area contributed by atoms with E-state index in [0.29, 0.717) is 17.3 Å². The molecule has 0 amide bonds. The van der Waals surface area contributed by atoms with Crippen LogP contribution in [0.25, 0.3) is 0 Å².